The van der Waals surface area contributed by atoms with Gasteiger partial charge in [0, 0.05) is 5.69 Å². The van der Waals surface area contributed by atoms with Gasteiger partial charge in [-0.2, -0.15) is 5.10 Å². The predicted molar refractivity (Wildman–Crippen MR) is 132 cm³/mol. The second-order valence-electron chi connectivity index (χ2n) is 6.37. The topological polar surface area (TPSA) is 54.9 Å². The van der Waals surface area contributed by atoms with E-state index in [-0.39, 0.29) is 0 Å². The Bertz CT molecular complexity index is 1060. The Balaban J connectivity index is 1.61. The summed E-state index contributed by atoms with van der Waals surface area (Å²) in [6.45, 7) is 2.76. The highest BCUT2D eigenvalue weighted by atomic mass is 35.5. The van der Waals surface area contributed by atoms with Crippen LogP contribution in [0.15, 0.2) is 71.8 Å². The van der Waals surface area contributed by atoms with Gasteiger partial charge in [0.05, 0.1) is 22.9 Å². The number of nitrogens with zero attached hydrogens (tertiary/aromatic N) is 1. The monoisotopic (exact) mass is 473 g/mol. The maximum Gasteiger partial charge on any atom is 0.191 e. The highest BCUT2D eigenvalue weighted by Crippen LogP contribution is 2.30. The molecule has 0 radical (unpaired) electrons. The predicted octanol–water partition coefficient (Wildman–Crippen LogP) is 6.29. The lowest BCUT2D eigenvalue weighted by Gasteiger charge is -2.13. The summed E-state index contributed by atoms with van der Waals surface area (Å²) in [5, 5.41) is 8.63. The second kappa shape index (κ2) is 11.6. The van der Waals surface area contributed by atoms with E-state index in [0.717, 1.165) is 16.8 Å². The highest BCUT2D eigenvalue weighted by Gasteiger charge is 2.08. The molecule has 0 fully saturated rings. The maximum absolute atomic E-state index is 6.07. The van der Waals surface area contributed by atoms with Crippen LogP contribution >= 0.6 is 35.4 Å². The van der Waals surface area contributed by atoms with E-state index in [9.17, 15) is 0 Å². The van der Waals surface area contributed by atoms with Gasteiger partial charge in [-0.1, -0.05) is 47.5 Å². The fourth-order valence-corrected chi connectivity index (χ4v) is 3.12. The summed E-state index contributed by atoms with van der Waals surface area (Å²) in [6, 6.07) is 20.6. The molecule has 0 spiro atoms. The molecule has 0 atom stereocenters. The molecule has 5 nitrogen and oxygen atoms in total. The Kier molecular flexibility index (Phi) is 8.53. The number of ether oxygens (including phenoxy) is 2. The van der Waals surface area contributed by atoms with Crippen LogP contribution in [0.3, 0.4) is 0 Å². The van der Waals surface area contributed by atoms with Gasteiger partial charge < -0.3 is 14.8 Å². The van der Waals surface area contributed by atoms with E-state index in [1.807, 2.05) is 61.5 Å². The second-order valence-corrected chi connectivity index (χ2v) is 7.59. The molecule has 0 amide bonds. The van der Waals surface area contributed by atoms with Crippen molar-refractivity contribution in [3.05, 3.63) is 87.9 Å². The molecule has 3 aromatic carbocycles. The summed E-state index contributed by atoms with van der Waals surface area (Å²) in [5.74, 6) is 1.25. The van der Waals surface area contributed by atoms with Gasteiger partial charge >= 0.3 is 0 Å². The number of hydrogen-bond donors (Lipinski definition) is 2. The highest BCUT2D eigenvalue weighted by molar-refractivity contribution is 7.80. The number of halogens is 2. The normalized spacial score (nSPS) is 10.7. The molecule has 0 saturated heterocycles. The molecule has 8 heteroatoms. The Morgan fingerprint density at radius 1 is 0.968 bits per heavy atom. The molecule has 3 aromatic rings. The number of nitrogens with one attached hydrogen (secondary N) is 2. The van der Waals surface area contributed by atoms with Crippen LogP contribution < -0.4 is 20.2 Å². The Labute approximate surface area is 197 Å². The van der Waals surface area contributed by atoms with Gasteiger partial charge in [0.2, 0.25) is 0 Å². The molecule has 0 aromatic heterocycles. The molecule has 2 N–H and O–H groups in total. The Morgan fingerprint density at radius 2 is 1.77 bits per heavy atom. The molecule has 31 heavy (non-hydrogen) atoms. The summed E-state index contributed by atoms with van der Waals surface area (Å²) < 4.78 is 11.6. The van der Waals surface area contributed by atoms with E-state index < -0.39 is 0 Å². The van der Waals surface area contributed by atoms with Crippen LogP contribution in [0.4, 0.5) is 5.69 Å². The largest absolute Gasteiger partial charge is 0.490 e. The minimum atomic E-state index is 0.339. The van der Waals surface area contributed by atoms with Crippen LogP contribution in [0.5, 0.6) is 11.5 Å². The lowest BCUT2D eigenvalue weighted by Crippen LogP contribution is -2.23. The van der Waals surface area contributed by atoms with E-state index in [0.29, 0.717) is 39.9 Å². The first kappa shape index (κ1) is 22.9. The summed E-state index contributed by atoms with van der Waals surface area (Å²) in [5.41, 5.74) is 5.43. The third kappa shape index (κ3) is 7.14. The molecule has 0 aliphatic carbocycles. The van der Waals surface area contributed by atoms with Gasteiger partial charge in [0.25, 0.3) is 0 Å². The first-order chi connectivity index (χ1) is 15.0. The van der Waals surface area contributed by atoms with Crippen molar-refractivity contribution in [3.8, 4) is 11.5 Å². The summed E-state index contributed by atoms with van der Waals surface area (Å²) in [6.07, 6.45) is 1.66. The summed E-state index contributed by atoms with van der Waals surface area (Å²) >= 11 is 17.3. The molecule has 3 rings (SSSR count). The van der Waals surface area contributed by atoms with Crippen molar-refractivity contribution in [2.24, 2.45) is 5.10 Å². The van der Waals surface area contributed by atoms with E-state index in [1.54, 1.807) is 18.3 Å². The fraction of sp³-hybridized carbons (Fsp3) is 0.130. The zero-order valence-electron chi connectivity index (χ0n) is 16.8. The number of anilines is 1. The third-order valence-electron chi connectivity index (χ3n) is 4.06. The standard InChI is InChI=1S/C23H21Cl2N3O2S/c1-2-29-22-13-16(14-26-28-23(31)27-18-6-4-3-5-7-18)9-11-21(22)30-15-17-8-10-19(24)20(25)12-17/h3-14H,2,15H2,1H3,(H2,27,28,31)/b26-14+. The number of para-hydroxylation sites is 1. The number of hydrazone groups is 1. The average Bonchev–Trinajstić information content (AvgIpc) is 2.76. The molecule has 0 aliphatic heterocycles. The minimum Gasteiger partial charge on any atom is -0.490 e. The minimum absolute atomic E-state index is 0.339. The lowest BCUT2D eigenvalue weighted by atomic mass is 10.2. The van der Waals surface area contributed by atoms with Crippen molar-refractivity contribution < 1.29 is 9.47 Å². The van der Waals surface area contributed by atoms with E-state index in [1.165, 1.54) is 0 Å². The molecular weight excluding hydrogens is 453 g/mol. The van der Waals surface area contributed by atoms with Crippen LogP contribution in [-0.2, 0) is 6.61 Å². The van der Waals surface area contributed by atoms with Crippen molar-refractivity contribution in [2.75, 3.05) is 11.9 Å². The van der Waals surface area contributed by atoms with Gasteiger partial charge in [-0.25, -0.2) is 0 Å². The SMILES string of the molecule is CCOc1cc(/C=N/NC(=S)Nc2ccccc2)ccc1OCc1ccc(Cl)c(Cl)c1. The number of hydrogen-bond acceptors (Lipinski definition) is 4. The van der Waals surface area contributed by atoms with E-state index in [2.05, 4.69) is 15.8 Å². The van der Waals surface area contributed by atoms with Crippen LogP contribution in [0.1, 0.15) is 18.1 Å². The first-order valence-corrected chi connectivity index (χ1v) is 10.7. The van der Waals surface area contributed by atoms with Crippen molar-refractivity contribution in [1.29, 1.82) is 0 Å². The first-order valence-electron chi connectivity index (χ1n) is 9.54. The van der Waals surface area contributed by atoms with Gasteiger partial charge in [0.1, 0.15) is 6.61 Å². The number of benzene rings is 3. The van der Waals surface area contributed by atoms with Crippen molar-refractivity contribution in [3.63, 3.8) is 0 Å². The molecule has 0 bridgehead atoms. The molecule has 0 heterocycles. The molecule has 0 saturated carbocycles. The molecular formula is C23H21Cl2N3O2S. The zero-order chi connectivity index (χ0) is 22.1. The van der Waals surface area contributed by atoms with Crippen LogP contribution in [-0.4, -0.2) is 17.9 Å². The molecule has 0 unspecified atom stereocenters. The quantitative estimate of drug-likeness (QED) is 0.228. The van der Waals surface area contributed by atoms with Crippen molar-refractivity contribution in [2.45, 2.75) is 13.5 Å². The zero-order valence-corrected chi connectivity index (χ0v) is 19.1. The Hall–Kier alpha value is -2.80. The van der Waals surface area contributed by atoms with Crippen molar-refractivity contribution in [1.82, 2.24) is 5.43 Å². The Morgan fingerprint density at radius 3 is 2.52 bits per heavy atom. The third-order valence-corrected chi connectivity index (χ3v) is 4.99. The van der Waals surface area contributed by atoms with Crippen LogP contribution in [0.2, 0.25) is 10.0 Å². The summed E-state index contributed by atoms with van der Waals surface area (Å²) in [4.78, 5) is 0. The van der Waals surface area contributed by atoms with E-state index in [4.69, 9.17) is 44.9 Å². The molecule has 160 valence electrons. The number of thiocarbonyl (C=S) groups is 1. The van der Waals surface area contributed by atoms with Gasteiger partial charge in [-0.15, -0.1) is 0 Å². The van der Waals surface area contributed by atoms with Crippen LogP contribution in [0, 0.1) is 0 Å². The maximum atomic E-state index is 6.07. The van der Waals surface area contributed by atoms with Gasteiger partial charge in [-0.3, -0.25) is 5.43 Å². The fourth-order valence-electron chi connectivity index (χ4n) is 2.63. The number of rotatable bonds is 8. The summed E-state index contributed by atoms with van der Waals surface area (Å²) in [7, 11) is 0. The van der Waals surface area contributed by atoms with Gasteiger partial charge in [0.15, 0.2) is 16.6 Å². The smallest absolute Gasteiger partial charge is 0.191 e. The average molecular weight is 474 g/mol. The van der Waals surface area contributed by atoms with E-state index >= 15 is 0 Å². The molecule has 0 aliphatic rings. The van der Waals surface area contributed by atoms with Gasteiger partial charge in [-0.05, 0) is 72.7 Å². The van der Waals surface area contributed by atoms with Crippen LogP contribution in [0.25, 0.3) is 0 Å². The van der Waals surface area contributed by atoms with Crippen molar-refractivity contribution >= 4 is 52.4 Å². The lowest BCUT2D eigenvalue weighted by molar-refractivity contribution is 0.269.